The highest BCUT2D eigenvalue weighted by Crippen LogP contribution is 2.24. The quantitative estimate of drug-likeness (QED) is 0.859. The Labute approximate surface area is 128 Å². The molecule has 1 aromatic heterocycles. The number of aliphatic carboxylic acids is 1. The Hall–Kier alpha value is -1.72. The third-order valence-corrected chi connectivity index (χ3v) is 4.23. The van der Waals surface area contributed by atoms with Crippen molar-refractivity contribution in [3.8, 4) is 10.6 Å². The van der Waals surface area contributed by atoms with Crippen molar-refractivity contribution in [2.45, 2.75) is 33.4 Å². The number of nitrogens with zero attached hydrogens (tertiary/aromatic N) is 1. The van der Waals surface area contributed by atoms with Gasteiger partial charge in [0.15, 0.2) is 0 Å². The summed E-state index contributed by atoms with van der Waals surface area (Å²) in [5.41, 5.74) is 3.19. The number of aromatic nitrogens is 1. The molecule has 1 atom stereocenters. The number of carboxylic acid groups (broad SMARTS) is 1. The first-order valence-corrected chi connectivity index (χ1v) is 7.83. The van der Waals surface area contributed by atoms with E-state index in [1.54, 1.807) is 11.3 Å². The highest BCUT2D eigenvalue weighted by atomic mass is 32.1. The van der Waals surface area contributed by atoms with Gasteiger partial charge in [0.25, 0.3) is 0 Å². The van der Waals surface area contributed by atoms with Crippen molar-refractivity contribution in [1.82, 2.24) is 10.3 Å². The first kappa shape index (κ1) is 15.7. The molecule has 0 aliphatic rings. The molecule has 0 saturated carbocycles. The second-order valence-corrected chi connectivity index (χ2v) is 6.31. The van der Waals surface area contributed by atoms with Gasteiger partial charge in [-0.1, -0.05) is 43.7 Å². The van der Waals surface area contributed by atoms with Crippen molar-refractivity contribution in [1.29, 1.82) is 0 Å². The smallest absolute Gasteiger partial charge is 0.320 e. The fourth-order valence-electron chi connectivity index (χ4n) is 2.04. The van der Waals surface area contributed by atoms with Gasteiger partial charge in [-0.05, 0) is 12.8 Å². The Morgan fingerprint density at radius 3 is 2.57 bits per heavy atom. The molecule has 1 aromatic carbocycles. The van der Waals surface area contributed by atoms with Gasteiger partial charge in [-0.15, -0.1) is 11.3 Å². The van der Waals surface area contributed by atoms with E-state index in [2.05, 4.69) is 41.5 Å². The first-order chi connectivity index (χ1) is 9.97. The lowest BCUT2D eigenvalue weighted by Gasteiger charge is -2.16. The van der Waals surface area contributed by atoms with Crippen molar-refractivity contribution < 1.29 is 9.90 Å². The molecular formula is C16H20N2O2S. The van der Waals surface area contributed by atoms with E-state index >= 15 is 0 Å². The second-order valence-electron chi connectivity index (χ2n) is 5.45. The predicted octanol–water partition coefficient (Wildman–Crippen LogP) is 3.32. The zero-order chi connectivity index (χ0) is 15.4. The van der Waals surface area contributed by atoms with Crippen LogP contribution in [0, 0.1) is 12.8 Å². The molecule has 0 unspecified atom stereocenters. The molecule has 0 saturated heterocycles. The van der Waals surface area contributed by atoms with Crippen molar-refractivity contribution in [2.75, 3.05) is 0 Å². The molecular weight excluding hydrogens is 284 g/mol. The third-order valence-electron chi connectivity index (χ3n) is 3.29. The van der Waals surface area contributed by atoms with E-state index in [0.29, 0.717) is 6.54 Å². The monoisotopic (exact) mass is 304 g/mol. The van der Waals surface area contributed by atoms with E-state index in [9.17, 15) is 4.79 Å². The Morgan fingerprint density at radius 1 is 1.33 bits per heavy atom. The van der Waals surface area contributed by atoms with E-state index in [1.165, 1.54) is 5.56 Å². The fraction of sp³-hybridized carbons (Fsp3) is 0.375. The van der Waals surface area contributed by atoms with E-state index in [-0.39, 0.29) is 5.92 Å². The van der Waals surface area contributed by atoms with Gasteiger partial charge in [-0.2, -0.15) is 0 Å². The van der Waals surface area contributed by atoms with Crippen molar-refractivity contribution in [3.05, 3.63) is 40.9 Å². The molecule has 1 heterocycles. The summed E-state index contributed by atoms with van der Waals surface area (Å²) in [4.78, 5) is 15.7. The molecule has 21 heavy (non-hydrogen) atoms. The minimum Gasteiger partial charge on any atom is -0.480 e. The normalized spacial score (nSPS) is 12.6. The van der Waals surface area contributed by atoms with Gasteiger partial charge >= 0.3 is 5.97 Å². The summed E-state index contributed by atoms with van der Waals surface area (Å²) in [6.07, 6.45) is 0. The van der Waals surface area contributed by atoms with Crippen LogP contribution in [0.2, 0.25) is 0 Å². The van der Waals surface area contributed by atoms with E-state index in [0.717, 1.165) is 16.3 Å². The average Bonchev–Trinajstić information content (AvgIpc) is 2.87. The van der Waals surface area contributed by atoms with E-state index < -0.39 is 12.0 Å². The van der Waals surface area contributed by atoms with Crippen LogP contribution in [-0.2, 0) is 11.3 Å². The van der Waals surface area contributed by atoms with Gasteiger partial charge in [0.2, 0.25) is 0 Å². The Morgan fingerprint density at radius 2 is 2.00 bits per heavy atom. The lowest BCUT2D eigenvalue weighted by atomic mass is 10.1. The number of hydrogen-bond acceptors (Lipinski definition) is 4. The summed E-state index contributed by atoms with van der Waals surface area (Å²) in [7, 11) is 0. The number of benzene rings is 1. The minimum atomic E-state index is -0.820. The summed E-state index contributed by atoms with van der Waals surface area (Å²) < 4.78 is 0. The van der Waals surface area contributed by atoms with E-state index in [4.69, 9.17) is 5.11 Å². The number of rotatable bonds is 6. The lowest BCUT2D eigenvalue weighted by molar-refractivity contribution is -0.140. The topological polar surface area (TPSA) is 62.2 Å². The number of hydrogen-bond donors (Lipinski definition) is 2. The van der Waals surface area contributed by atoms with Crippen LogP contribution in [-0.4, -0.2) is 22.1 Å². The van der Waals surface area contributed by atoms with Gasteiger partial charge in [-0.25, -0.2) is 4.98 Å². The molecule has 0 amide bonds. The highest BCUT2D eigenvalue weighted by molar-refractivity contribution is 7.13. The molecule has 0 spiro atoms. The molecule has 0 aliphatic heterocycles. The van der Waals surface area contributed by atoms with Crippen LogP contribution in [0.5, 0.6) is 0 Å². The van der Waals surface area contributed by atoms with Crippen molar-refractivity contribution in [2.24, 2.45) is 5.92 Å². The third kappa shape index (κ3) is 4.12. The van der Waals surface area contributed by atoms with Crippen LogP contribution in [0.15, 0.2) is 29.6 Å². The summed E-state index contributed by atoms with van der Waals surface area (Å²) in [6, 6.07) is 7.69. The number of nitrogens with one attached hydrogen (secondary N) is 1. The SMILES string of the molecule is Cc1ccc(-c2nc(CN[C@H](C(=O)O)C(C)C)cs2)cc1. The van der Waals surface area contributed by atoms with Gasteiger partial charge in [0.1, 0.15) is 11.0 Å². The number of carbonyl (C=O) groups is 1. The van der Waals surface area contributed by atoms with Gasteiger partial charge < -0.3 is 5.11 Å². The zero-order valence-electron chi connectivity index (χ0n) is 12.5. The highest BCUT2D eigenvalue weighted by Gasteiger charge is 2.20. The molecule has 0 aliphatic carbocycles. The molecule has 112 valence electrons. The molecule has 2 rings (SSSR count). The van der Waals surface area contributed by atoms with Crippen LogP contribution in [0.1, 0.15) is 25.1 Å². The first-order valence-electron chi connectivity index (χ1n) is 6.95. The molecule has 0 radical (unpaired) electrons. The lowest BCUT2D eigenvalue weighted by Crippen LogP contribution is -2.40. The second kappa shape index (κ2) is 6.83. The van der Waals surface area contributed by atoms with Crippen LogP contribution in [0.3, 0.4) is 0 Å². The standard InChI is InChI=1S/C16H20N2O2S/c1-10(2)14(16(19)20)17-8-13-9-21-15(18-13)12-6-4-11(3)5-7-12/h4-7,9-10,14,17H,8H2,1-3H3,(H,19,20)/t14-/m0/s1. The van der Waals surface area contributed by atoms with Crippen LogP contribution in [0.4, 0.5) is 0 Å². The van der Waals surface area contributed by atoms with Crippen molar-refractivity contribution in [3.63, 3.8) is 0 Å². The zero-order valence-corrected chi connectivity index (χ0v) is 13.3. The van der Waals surface area contributed by atoms with Crippen molar-refractivity contribution >= 4 is 17.3 Å². The predicted molar refractivity (Wildman–Crippen MR) is 85.4 cm³/mol. The molecule has 2 aromatic rings. The number of aryl methyl sites for hydroxylation is 1. The van der Waals surface area contributed by atoms with Gasteiger partial charge in [-0.3, -0.25) is 10.1 Å². The Balaban J connectivity index is 2.03. The van der Waals surface area contributed by atoms with Crippen LogP contribution < -0.4 is 5.32 Å². The maximum atomic E-state index is 11.1. The Bertz CT molecular complexity index is 605. The molecule has 0 bridgehead atoms. The van der Waals surface area contributed by atoms with Gasteiger partial charge in [0, 0.05) is 17.5 Å². The minimum absolute atomic E-state index is 0.0395. The molecule has 2 N–H and O–H groups in total. The summed E-state index contributed by atoms with van der Waals surface area (Å²) >= 11 is 1.58. The number of thiazole rings is 1. The van der Waals surface area contributed by atoms with E-state index in [1.807, 2.05) is 19.2 Å². The van der Waals surface area contributed by atoms with Crippen LogP contribution >= 0.6 is 11.3 Å². The molecule has 4 nitrogen and oxygen atoms in total. The average molecular weight is 304 g/mol. The molecule has 5 heteroatoms. The summed E-state index contributed by atoms with van der Waals surface area (Å²) in [5, 5.41) is 15.1. The maximum absolute atomic E-state index is 11.1. The largest absolute Gasteiger partial charge is 0.480 e. The number of carboxylic acids is 1. The Kier molecular flexibility index (Phi) is 5.09. The van der Waals surface area contributed by atoms with Gasteiger partial charge in [0.05, 0.1) is 5.69 Å². The van der Waals surface area contributed by atoms with Crippen LogP contribution in [0.25, 0.3) is 10.6 Å². The summed E-state index contributed by atoms with van der Waals surface area (Å²) in [6.45, 7) is 6.31. The molecule has 0 fully saturated rings. The fourth-order valence-corrected chi connectivity index (χ4v) is 2.87. The maximum Gasteiger partial charge on any atom is 0.320 e. The summed E-state index contributed by atoms with van der Waals surface area (Å²) in [5.74, 6) is -0.781.